The number of nitrogens with zero attached hydrogens (tertiary/aromatic N) is 2. The molecule has 0 aromatic heterocycles. The van der Waals surface area contributed by atoms with Crippen LogP contribution in [0.4, 0.5) is 0 Å². The fraction of sp³-hybridized carbons (Fsp3) is 0.368. The third kappa shape index (κ3) is 3.21. The van der Waals surface area contributed by atoms with E-state index in [4.69, 9.17) is 0 Å². The molecule has 114 valence electrons. The van der Waals surface area contributed by atoms with E-state index in [9.17, 15) is 0 Å². The highest BCUT2D eigenvalue weighted by Crippen LogP contribution is 2.39. The quantitative estimate of drug-likeness (QED) is 0.721. The maximum atomic E-state index is 4.00. The van der Waals surface area contributed by atoms with E-state index in [0.29, 0.717) is 0 Å². The van der Waals surface area contributed by atoms with E-state index < -0.39 is 0 Å². The zero-order chi connectivity index (χ0) is 16.2. The molecule has 21 heavy (non-hydrogen) atoms. The lowest BCUT2D eigenvalue weighted by molar-refractivity contribution is 0.219. The average Bonchev–Trinajstić information content (AvgIpc) is 2.38. The molecule has 1 aliphatic heterocycles. The lowest BCUT2D eigenvalue weighted by atomic mass is 9.97. The van der Waals surface area contributed by atoms with Crippen LogP contribution < -0.4 is 0 Å². The summed E-state index contributed by atoms with van der Waals surface area (Å²) in [5.74, 6) is 0. The molecule has 0 aromatic rings. The molecule has 2 heteroatoms. The number of allylic oxidation sites excluding steroid dienone is 6. The zero-order valence-corrected chi connectivity index (χ0v) is 14.3. The summed E-state index contributed by atoms with van der Waals surface area (Å²) >= 11 is 0. The first-order valence-corrected chi connectivity index (χ1v) is 7.36. The van der Waals surface area contributed by atoms with Gasteiger partial charge in [-0.3, -0.25) is 0 Å². The van der Waals surface area contributed by atoms with Gasteiger partial charge < -0.3 is 9.80 Å². The van der Waals surface area contributed by atoms with Crippen LogP contribution in [0.2, 0.25) is 0 Å². The summed E-state index contributed by atoms with van der Waals surface area (Å²) in [6.07, 6.45) is 12.2. The summed E-state index contributed by atoms with van der Waals surface area (Å²) in [6.45, 7) is 18.6. The molecule has 1 heterocycles. The van der Waals surface area contributed by atoms with Gasteiger partial charge in [0.1, 0.15) is 0 Å². The molecule has 0 saturated heterocycles. The van der Waals surface area contributed by atoms with Gasteiger partial charge in [-0.2, -0.15) is 0 Å². The Kier molecular flexibility index (Phi) is 5.42. The maximum Gasteiger partial charge on any atom is 0.0654 e. The predicted octanol–water partition coefficient (Wildman–Crippen LogP) is 4.98. The van der Waals surface area contributed by atoms with Gasteiger partial charge in [-0.05, 0) is 52.8 Å². The second kappa shape index (κ2) is 6.66. The minimum atomic E-state index is -0.0481. The Labute approximate surface area is 130 Å². The first kappa shape index (κ1) is 17.1. The molecule has 0 aliphatic carbocycles. The molecule has 1 rings (SSSR count). The maximum absolute atomic E-state index is 4.00. The van der Waals surface area contributed by atoms with Crippen LogP contribution in [-0.4, -0.2) is 22.4 Å². The van der Waals surface area contributed by atoms with Gasteiger partial charge in [0.05, 0.1) is 22.8 Å². The minimum absolute atomic E-state index is 0.0481. The molecule has 0 fully saturated rings. The Hall–Kier alpha value is -1.96. The fourth-order valence-electron chi connectivity index (χ4n) is 2.73. The van der Waals surface area contributed by atoms with Crippen molar-refractivity contribution >= 4 is 0 Å². The average molecular weight is 284 g/mol. The summed E-state index contributed by atoms with van der Waals surface area (Å²) in [4.78, 5) is 4.53. The van der Waals surface area contributed by atoms with Gasteiger partial charge in [0.2, 0.25) is 0 Å². The Bertz CT molecular complexity index is 536. The predicted molar refractivity (Wildman–Crippen MR) is 93.4 cm³/mol. The summed E-state index contributed by atoms with van der Waals surface area (Å²) in [5, 5.41) is 0. The molecule has 0 bridgehead atoms. The molecule has 0 N–H and O–H groups in total. The zero-order valence-electron chi connectivity index (χ0n) is 14.3. The third-order valence-corrected chi connectivity index (χ3v) is 3.47. The van der Waals surface area contributed by atoms with E-state index in [2.05, 4.69) is 82.0 Å². The molecule has 0 aromatic carbocycles. The van der Waals surface area contributed by atoms with Gasteiger partial charge in [-0.25, -0.2) is 0 Å². The molecular weight excluding hydrogens is 256 g/mol. The summed E-state index contributed by atoms with van der Waals surface area (Å²) in [7, 11) is 2.08. The second-order valence-corrected chi connectivity index (χ2v) is 6.00. The number of hydrogen-bond donors (Lipinski definition) is 0. The molecule has 0 atom stereocenters. The molecule has 0 saturated carbocycles. The number of likely N-dealkylation sites (N-methyl/N-ethyl adjacent to an activating group) is 1. The van der Waals surface area contributed by atoms with Crippen LogP contribution in [0.25, 0.3) is 0 Å². The van der Waals surface area contributed by atoms with Crippen molar-refractivity contribution in [3.05, 3.63) is 72.4 Å². The van der Waals surface area contributed by atoms with Gasteiger partial charge in [-0.15, -0.1) is 0 Å². The van der Waals surface area contributed by atoms with E-state index in [1.54, 1.807) is 0 Å². The molecule has 0 unspecified atom stereocenters. The van der Waals surface area contributed by atoms with E-state index in [0.717, 1.165) is 22.8 Å². The topological polar surface area (TPSA) is 6.48 Å². The van der Waals surface area contributed by atoms with Crippen LogP contribution in [0, 0.1) is 0 Å². The summed E-state index contributed by atoms with van der Waals surface area (Å²) in [6, 6.07) is 0. The largest absolute Gasteiger partial charge is 0.342 e. The number of hydrogen-bond acceptors (Lipinski definition) is 2. The molecule has 0 radical (unpaired) electrons. The van der Waals surface area contributed by atoms with E-state index in [1.807, 2.05) is 19.1 Å². The van der Waals surface area contributed by atoms with E-state index in [1.165, 1.54) is 0 Å². The third-order valence-electron chi connectivity index (χ3n) is 3.47. The van der Waals surface area contributed by atoms with Crippen molar-refractivity contribution in [2.75, 3.05) is 7.05 Å². The van der Waals surface area contributed by atoms with Crippen molar-refractivity contribution in [3.8, 4) is 0 Å². The van der Waals surface area contributed by atoms with E-state index >= 15 is 0 Å². The highest BCUT2D eigenvalue weighted by Gasteiger charge is 2.34. The SMILES string of the molecule is C=C/C=C1\C(=C/C)N(C)C(C=C)=C(/C=C\C)N1C(C)(C)C. The molecule has 0 amide bonds. The molecular formula is C19H28N2. The Morgan fingerprint density at radius 3 is 2.00 bits per heavy atom. The Balaban J connectivity index is 3.77. The molecule has 2 nitrogen and oxygen atoms in total. The summed E-state index contributed by atoms with van der Waals surface area (Å²) in [5.41, 5.74) is 4.53. The smallest absolute Gasteiger partial charge is 0.0654 e. The fourth-order valence-corrected chi connectivity index (χ4v) is 2.73. The second-order valence-electron chi connectivity index (χ2n) is 6.00. The highest BCUT2D eigenvalue weighted by atomic mass is 15.3. The van der Waals surface area contributed by atoms with Gasteiger partial charge >= 0.3 is 0 Å². The first-order chi connectivity index (χ1) is 9.83. The minimum Gasteiger partial charge on any atom is -0.342 e. The van der Waals surface area contributed by atoms with Crippen molar-refractivity contribution in [1.82, 2.24) is 9.80 Å². The van der Waals surface area contributed by atoms with Gasteiger partial charge in [0, 0.05) is 12.6 Å². The lowest BCUT2D eigenvalue weighted by Crippen LogP contribution is -2.45. The van der Waals surface area contributed by atoms with Crippen LogP contribution >= 0.6 is 0 Å². The van der Waals surface area contributed by atoms with Crippen molar-refractivity contribution in [1.29, 1.82) is 0 Å². The number of rotatable bonds is 3. The Morgan fingerprint density at radius 2 is 1.62 bits per heavy atom. The lowest BCUT2D eigenvalue weighted by Gasteiger charge is -2.47. The van der Waals surface area contributed by atoms with Crippen molar-refractivity contribution in [2.45, 2.75) is 40.2 Å². The monoisotopic (exact) mass is 284 g/mol. The Morgan fingerprint density at radius 1 is 1.00 bits per heavy atom. The van der Waals surface area contributed by atoms with Crippen LogP contribution in [0.5, 0.6) is 0 Å². The van der Waals surface area contributed by atoms with Crippen molar-refractivity contribution < 1.29 is 0 Å². The first-order valence-electron chi connectivity index (χ1n) is 7.36. The summed E-state index contributed by atoms with van der Waals surface area (Å²) < 4.78 is 0. The van der Waals surface area contributed by atoms with Crippen LogP contribution in [0.3, 0.4) is 0 Å². The standard InChI is InChI=1S/C19H28N2/c1-9-13-17-15(11-3)20(8)16(12-4)18(14-10-2)21(17)19(5,6)7/h9-14H,1,4H2,2-3,5-8H3/b14-10-,15-11+,17-13+. The highest BCUT2D eigenvalue weighted by molar-refractivity contribution is 5.48. The normalized spacial score (nSPS) is 20.9. The molecule has 0 spiro atoms. The van der Waals surface area contributed by atoms with Crippen LogP contribution in [0.15, 0.2) is 72.4 Å². The van der Waals surface area contributed by atoms with Gasteiger partial charge in [0.25, 0.3) is 0 Å². The van der Waals surface area contributed by atoms with Gasteiger partial charge in [-0.1, -0.05) is 31.4 Å². The molecule has 1 aliphatic rings. The van der Waals surface area contributed by atoms with Crippen LogP contribution in [-0.2, 0) is 0 Å². The van der Waals surface area contributed by atoms with Gasteiger partial charge in [0.15, 0.2) is 0 Å². The van der Waals surface area contributed by atoms with Crippen molar-refractivity contribution in [3.63, 3.8) is 0 Å². The van der Waals surface area contributed by atoms with Crippen LogP contribution in [0.1, 0.15) is 34.6 Å². The van der Waals surface area contributed by atoms with E-state index in [-0.39, 0.29) is 5.54 Å². The van der Waals surface area contributed by atoms with Crippen molar-refractivity contribution in [2.24, 2.45) is 0 Å².